The molecular weight excluding hydrogens is 745 g/mol. The molecule has 14 rings (SSSR count). The van der Waals surface area contributed by atoms with Gasteiger partial charge in [-0.3, -0.25) is 0 Å². The summed E-state index contributed by atoms with van der Waals surface area (Å²) in [5.74, 6) is 0. The summed E-state index contributed by atoms with van der Waals surface area (Å²) in [4.78, 5) is 0. The van der Waals surface area contributed by atoms with Gasteiger partial charge in [0.05, 0.1) is 22.1 Å². The lowest BCUT2D eigenvalue weighted by molar-refractivity contribution is 0.656. The minimum absolute atomic E-state index is 0.233. The van der Waals surface area contributed by atoms with Gasteiger partial charge in [0, 0.05) is 59.9 Å². The van der Waals surface area contributed by atoms with Gasteiger partial charge in [-0.2, -0.15) is 0 Å². The van der Waals surface area contributed by atoms with E-state index < -0.39 is 0 Å². The molecule has 4 heteroatoms. The molecule has 0 atom stereocenters. The molecule has 1 aliphatic rings. The molecule has 4 heterocycles. The number of benzene rings is 9. The first-order chi connectivity index (χ1) is 30.0. The molecule has 0 unspecified atom stereocenters. The topological polar surface area (TPSA) is 36.1 Å². The summed E-state index contributed by atoms with van der Waals surface area (Å²) in [5.41, 5.74) is 18.1. The van der Waals surface area contributed by atoms with Crippen LogP contribution in [0.1, 0.15) is 25.0 Å². The molecule has 4 aromatic heterocycles. The Balaban J connectivity index is 0.936. The molecule has 1 aliphatic carbocycles. The maximum atomic E-state index is 6.38. The Morgan fingerprint density at radius 3 is 1.72 bits per heavy atom. The molecule has 0 radical (unpaired) electrons. The number of fused-ring (bicyclic) bond motifs is 16. The summed E-state index contributed by atoms with van der Waals surface area (Å²) in [6.07, 6.45) is 0. The van der Waals surface area contributed by atoms with Crippen molar-refractivity contribution >= 4 is 87.5 Å². The predicted octanol–water partition coefficient (Wildman–Crippen LogP) is 15.7. The molecule has 0 saturated heterocycles. The van der Waals surface area contributed by atoms with Crippen molar-refractivity contribution in [3.8, 4) is 33.6 Å². The highest BCUT2D eigenvalue weighted by atomic mass is 16.3. The van der Waals surface area contributed by atoms with Gasteiger partial charge >= 0.3 is 0 Å². The molecule has 9 aromatic carbocycles. The molecule has 0 aliphatic heterocycles. The van der Waals surface area contributed by atoms with Crippen molar-refractivity contribution in [3.05, 3.63) is 193 Å². The van der Waals surface area contributed by atoms with E-state index in [0.29, 0.717) is 0 Å². The van der Waals surface area contributed by atoms with Crippen LogP contribution in [-0.2, 0) is 5.41 Å². The van der Waals surface area contributed by atoms with Crippen LogP contribution in [0.3, 0.4) is 0 Å². The van der Waals surface area contributed by atoms with Crippen LogP contribution in [0.5, 0.6) is 0 Å². The van der Waals surface area contributed by atoms with Crippen molar-refractivity contribution < 1.29 is 8.83 Å². The van der Waals surface area contributed by atoms with E-state index in [9.17, 15) is 0 Å². The van der Waals surface area contributed by atoms with Gasteiger partial charge in [-0.1, -0.05) is 117 Å². The lowest BCUT2D eigenvalue weighted by Crippen LogP contribution is -2.15. The van der Waals surface area contributed by atoms with Gasteiger partial charge in [0.2, 0.25) is 0 Å². The zero-order valence-corrected chi connectivity index (χ0v) is 33.5. The summed E-state index contributed by atoms with van der Waals surface area (Å²) in [5, 5.41) is 9.61. The first-order valence-corrected chi connectivity index (χ1v) is 21.1. The SMILES string of the molecule is CC1(C)c2cc(-n3c4ccccc4c4ccc(-c5ccc6c(c5)c5ccccc5n6-c5ccc6oc7ccccc7c6c5)cc43)ccc2-c2ccc3oc4ccccc4c3c21. The molecule has 0 saturated carbocycles. The van der Waals surface area contributed by atoms with E-state index in [4.69, 9.17) is 8.83 Å². The van der Waals surface area contributed by atoms with Crippen molar-refractivity contribution in [3.63, 3.8) is 0 Å². The second-order valence-electron chi connectivity index (χ2n) is 17.3. The number of rotatable bonds is 3. The number of nitrogens with zero attached hydrogens (tertiary/aromatic N) is 2. The predicted molar refractivity (Wildman–Crippen MR) is 253 cm³/mol. The molecule has 0 fully saturated rings. The Bertz CT molecular complexity index is 4040. The average Bonchev–Trinajstić information content (AvgIpc) is 4.09. The fraction of sp³-hybridized carbons (Fsp3) is 0.0526. The molecule has 0 N–H and O–H groups in total. The molecule has 0 amide bonds. The second-order valence-corrected chi connectivity index (χ2v) is 17.3. The van der Waals surface area contributed by atoms with Crippen LogP contribution in [0.2, 0.25) is 0 Å². The molecule has 13 aromatic rings. The van der Waals surface area contributed by atoms with Crippen LogP contribution < -0.4 is 0 Å². The highest BCUT2D eigenvalue weighted by Crippen LogP contribution is 2.54. The van der Waals surface area contributed by atoms with Gasteiger partial charge in [-0.25, -0.2) is 0 Å². The number of furan rings is 2. The van der Waals surface area contributed by atoms with E-state index in [1.165, 1.54) is 87.8 Å². The van der Waals surface area contributed by atoms with Crippen molar-refractivity contribution in [1.82, 2.24) is 9.13 Å². The van der Waals surface area contributed by atoms with Crippen LogP contribution in [-0.4, -0.2) is 9.13 Å². The monoisotopic (exact) mass is 780 g/mol. The van der Waals surface area contributed by atoms with Crippen LogP contribution in [0, 0.1) is 0 Å². The first kappa shape index (κ1) is 33.1. The van der Waals surface area contributed by atoms with Gasteiger partial charge in [0.25, 0.3) is 0 Å². The maximum Gasteiger partial charge on any atom is 0.135 e. The molecule has 0 spiro atoms. The Morgan fingerprint density at radius 1 is 0.361 bits per heavy atom. The number of aromatic nitrogens is 2. The third-order valence-electron chi connectivity index (χ3n) is 13.7. The molecule has 0 bridgehead atoms. The second kappa shape index (κ2) is 11.7. The van der Waals surface area contributed by atoms with Gasteiger partial charge < -0.3 is 18.0 Å². The van der Waals surface area contributed by atoms with Crippen LogP contribution in [0.15, 0.2) is 191 Å². The molecular formula is C57H36N2O2. The third kappa shape index (κ3) is 4.38. The molecule has 286 valence electrons. The summed E-state index contributed by atoms with van der Waals surface area (Å²) >= 11 is 0. The van der Waals surface area contributed by atoms with E-state index in [2.05, 4.69) is 193 Å². The van der Waals surface area contributed by atoms with E-state index in [1.807, 2.05) is 12.1 Å². The lowest BCUT2D eigenvalue weighted by atomic mass is 9.80. The van der Waals surface area contributed by atoms with Crippen molar-refractivity contribution in [2.45, 2.75) is 19.3 Å². The first-order valence-electron chi connectivity index (χ1n) is 21.1. The standard InChI is InChI=1S/C57H36N2O2/c1-57(2)46-32-36(21-24-37(46)42-25-28-54-55(56(42)57)43-14-6-10-18-52(43)61-54)59-47-15-7-3-11-38(47)40-23-19-34(30-50(40)59)33-20-26-49-44(29-33)39-12-4-8-16-48(39)58(49)35-22-27-53-45(31-35)41-13-5-9-17-51(41)60-53/h3-32H,1-2H3. The zero-order chi connectivity index (χ0) is 40.1. The van der Waals surface area contributed by atoms with E-state index in [-0.39, 0.29) is 5.41 Å². The van der Waals surface area contributed by atoms with Gasteiger partial charge in [0.1, 0.15) is 22.3 Å². The smallest absolute Gasteiger partial charge is 0.135 e. The largest absolute Gasteiger partial charge is 0.456 e. The zero-order valence-electron chi connectivity index (χ0n) is 33.5. The molecule has 4 nitrogen and oxygen atoms in total. The number of hydrogen-bond acceptors (Lipinski definition) is 2. The summed E-state index contributed by atoms with van der Waals surface area (Å²) in [6.45, 7) is 4.75. The van der Waals surface area contributed by atoms with Crippen molar-refractivity contribution in [1.29, 1.82) is 0 Å². The van der Waals surface area contributed by atoms with Gasteiger partial charge in [0.15, 0.2) is 0 Å². The van der Waals surface area contributed by atoms with Gasteiger partial charge in [-0.15, -0.1) is 0 Å². The van der Waals surface area contributed by atoms with Crippen LogP contribution >= 0.6 is 0 Å². The summed E-state index contributed by atoms with van der Waals surface area (Å²) in [7, 11) is 0. The maximum absolute atomic E-state index is 6.38. The quantitative estimate of drug-likeness (QED) is 0.179. The molecule has 61 heavy (non-hydrogen) atoms. The number of hydrogen-bond donors (Lipinski definition) is 0. The summed E-state index contributed by atoms with van der Waals surface area (Å²) < 4.78 is 17.4. The third-order valence-corrected chi connectivity index (χ3v) is 13.7. The Kier molecular flexibility index (Phi) is 6.33. The number of para-hydroxylation sites is 4. The average molecular weight is 781 g/mol. The fourth-order valence-corrected chi connectivity index (χ4v) is 11.0. The minimum atomic E-state index is -0.233. The minimum Gasteiger partial charge on any atom is -0.456 e. The van der Waals surface area contributed by atoms with E-state index >= 15 is 0 Å². The lowest BCUT2D eigenvalue weighted by Gasteiger charge is -2.23. The highest BCUT2D eigenvalue weighted by Gasteiger charge is 2.38. The van der Waals surface area contributed by atoms with Gasteiger partial charge in [-0.05, 0) is 112 Å². The Morgan fingerprint density at radius 2 is 0.902 bits per heavy atom. The Hall–Kier alpha value is -7.82. The van der Waals surface area contributed by atoms with E-state index in [0.717, 1.165) is 44.5 Å². The Labute approximate surface area is 350 Å². The van der Waals surface area contributed by atoms with Crippen molar-refractivity contribution in [2.24, 2.45) is 0 Å². The highest BCUT2D eigenvalue weighted by molar-refractivity contribution is 6.14. The van der Waals surface area contributed by atoms with Crippen molar-refractivity contribution in [2.75, 3.05) is 0 Å². The van der Waals surface area contributed by atoms with E-state index in [1.54, 1.807) is 0 Å². The van der Waals surface area contributed by atoms with Crippen LogP contribution in [0.4, 0.5) is 0 Å². The summed E-state index contributed by atoms with van der Waals surface area (Å²) in [6, 6.07) is 66.3. The fourth-order valence-electron chi connectivity index (χ4n) is 11.0. The normalized spacial score (nSPS) is 13.5. The van der Waals surface area contributed by atoms with Crippen LogP contribution in [0.25, 0.3) is 121 Å².